The van der Waals surface area contributed by atoms with Gasteiger partial charge in [0.15, 0.2) is 0 Å². The van der Waals surface area contributed by atoms with Crippen LogP contribution in [0.5, 0.6) is 0 Å². The number of carbonyl (C=O) groups excluding carboxylic acids is 2. The number of hydrogen-bond donors (Lipinski definition) is 0. The summed E-state index contributed by atoms with van der Waals surface area (Å²) in [6.45, 7) is 5.69. The van der Waals surface area contributed by atoms with E-state index in [-0.39, 0.29) is 25.0 Å². The predicted octanol–water partition coefficient (Wildman–Crippen LogP) is 3.02. The number of allylic oxidation sites excluding steroid dienone is 1. The molecule has 4 nitrogen and oxygen atoms in total. The molecule has 1 atom stereocenters. The average molecular weight is 288 g/mol. The summed E-state index contributed by atoms with van der Waals surface area (Å²) in [6, 6.07) is 9.47. The van der Waals surface area contributed by atoms with Gasteiger partial charge >= 0.3 is 11.9 Å². The molecule has 0 aliphatic carbocycles. The molecule has 1 aliphatic heterocycles. The summed E-state index contributed by atoms with van der Waals surface area (Å²) in [5.41, 5.74) is 1.10. The quantitative estimate of drug-likeness (QED) is 0.631. The summed E-state index contributed by atoms with van der Waals surface area (Å²) < 4.78 is 10.5. The van der Waals surface area contributed by atoms with Crippen molar-refractivity contribution in [2.24, 2.45) is 5.41 Å². The van der Waals surface area contributed by atoms with Gasteiger partial charge in [-0.25, -0.2) is 0 Å². The van der Waals surface area contributed by atoms with E-state index in [9.17, 15) is 9.59 Å². The van der Waals surface area contributed by atoms with Gasteiger partial charge in [0.2, 0.25) is 0 Å². The highest BCUT2D eigenvalue weighted by Crippen LogP contribution is 2.39. The van der Waals surface area contributed by atoms with Crippen LogP contribution in [0.15, 0.2) is 42.0 Å². The summed E-state index contributed by atoms with van der Waals surface area (Å²) in [5, 5.41) is 0. The maximum atomic E-state index is 11.9. The Labute approximate surface area is 124 Å². The number of rotatable bonds is 4. The van der Waals surface area contributed by atoms with Crippen molar-refractivity contribution < 1.29 is 19.1 Å². The van der Waals surface area contributed by atoms with Gasteiger partial charge < -0.3 is 9.47 Å². The molecule has 112 valence electrons. The summed E-state index contributed by atoms with van der Waals surface area (Å²) in [6.07, 6.45) is 1.39. The zero-order chi connectivity index (χ0) is 15.5. The minimum Gasteiger partial charge on any atom is -0.461 e. The number of esters is 2. The van der Waals surface area contributed by atoms with Crippen molar-refractivity contribution in [3.63, 3.8) is 0 Å². The van der Waals surface area contributed by atoms with Gasteiger partial charge in [-0.1, -0.05) is 36.4 Å². The summed E-state index contributed by atoms with van der Waals surface area (Å²) in [7, 11) is 0. The van der Waals surface area contributed by atoms with E-state index >= 15 is 0 Å². The van der Waals surface area contributed by atoms with Gasteiger partial charge in [0.25, 0.3) is 0 Å². The van der Waals surface area contributed by atoms with Crippen molar-refractivity contribution in [3.05, 3.63) is 47.5 Å². The number of ether oxygens (including phenoxy) is 2. The van der Waals surface area contributed by atoms with E-state index in [0.717, 1.165) is 11.1 Å². The van der Waals surface area contributed by atoms with Crippen molar-refractivity contribution in [1.29, 1.82) is 0 Å². The molecule has 0 aromatic heterocycles. The molecule has 0 unspecified atom stereocenters. The van der Waals surface area contributed by atoms with Gasteiger partial charge in [-0.15, -0.1) is 0 Å². The summed E-state index contributed by atoms with van der Waals surface area (Å²) >= 11 is 0. The zero-order valence-corrected chi connectivity index (χ0v) is 12.6. The maximum Gasteiger partial charge on any atom is 0.316 e. The first kappa shape index (κ1) is 15.3. The normalized spacial score (nSPS) is 22.1. The molecule has 1 aromatic carbocycles. The molecule has 0 amide bonds. The Balaban J connectivity index is 1.93. The molecule has 0 saturated carbocycles. The Morgan fingerprint density at radius 3 is 2.62 bits per heavy atom. The molecule has 0 bridgehead atoms. The van der Waals surface area contributed by atoms with Gasteiger partial charge in [0, 0.05) is 0 Å². The van der Waals surface area contributed by atoms with E-state index < -0.39 is 11.5 Å². The van der Waals surface area contributed by atoms with E-state index in [1.54, 1.807) is 13.8 Å². The maximum absolute atomic E-state index is 11.9. The first-order valence-corrected chi connectivity index (χ1v) is 7.02. The van der Waals surface area contributed by atoms with Crippen LogP contribution >= 0.6 is 0 Å². The Hall–Kier alpha value is -2.10. The molecule has 21 heavy (non-hydrogen) atoms. The molecule has 0 N–H and O–H groups in total. The smallest absolute Gasteiger partial charge is 0.316 e. The second kappa shape index (κ2) is 6.12. The Bertz CT molecular complexity index is 557. The van der Waals surface area contributed by atoms with Crippen LogP contribution in [0.1, 0.15) is 32.8 Å². The Morgan fingerprint density at radius 1 is 1.33 bits per heavy atom. The van der Waals surface area contributed by atoms with Crippen LogP contribution < -0.4 is 0 Å². The molecule has 1 aromatic rings. The van der Waals surface area contributed by atoms with Gasteiger partial charge in [0.05, 0.1) is 11.8 Å². The van der Waals surface area contributed by atoms with Crippen LogP contribution in [0, 0.1) is 5.41 Å². The van der Waals surface area contributed by atoms with Crippen molar-refractivity contribution in [2.75, 3.05) is 0 Å². The van der Waals surface area contributed by atoms with Crippen LogP contribution in [0.25, 0.3) is 0 Å². The van der Waals surface area contributed by atoms with Gasteiger partial charge in [-0.05, 0) is 31.9 Å². The number of cyclic esters (lactones) is 1. The molecule has 1 saturated heterocycles. The molecule has 1 heterocycles. The summed E-state index contributed by atoms with van der Waals surface area (Å²) in [4.78, 5) is 23.7. The summed E-state index contributed by atoms with van der Waals surface area (Å²) in [5.74, 6) is -0.662. The lowest BCUT2D eigenvalue weighted by Crippen LogP contribution is -2.20. The van der Waals surface area contributed by atoms with Crippen LogP contribution in [0.4, 0.5) is 0 Å². The highest BCUT2D eigenvalue weighted by molar-refractivity contribution is 5.85. The highest BCUT2D eigenvalue weighted by atomic mass is 16.6. The van der Waals surface area contributed by atoms with E-state index in [0.29, 0.717) is 0 Å². The largest absolute Gasteiger partial charge is 0.461 e. The van der Waals surface area contributed by atoms with Crippen molar-refractivity contribution in [1.82, 2.24) is 0 Å². The lowest BCUT2D eigenvalue weighted by atomic mass is 9.83. The Morgan fingerprint density at radius 2 is 2.00 bits per heavy atom. The third-order valence-electron chi connectivity index (χ3n) is 3.73. The lowest BCUT2D eigenvalue weighted by molar-refractivity contribution is -0.152. The monoisotopic (exact) mass is 288 g/mol. The third kappa shape index (κ3) is 3.32. The first-order chi connectivity index (χ1) is 9.95. The minimum atomic E-state index is -0.668. The van der Waals surface area contributed by atoms with Crippen molar-refractivity contribution >= 4 is 11.9 Å². The molecule has 1 aliphatic rings. The van der Waals surface area contributed by atoms with E-state index in [4.69, 9.17) is 9.47 Å². The van der Waals surface area contributed by atoms with Gasteiger partial charge in [-0.3, -0.25) is 9.59 Å². The fourth-order valence-corrected chi connectivity index (χ4v) is 2.51. The number of benzene rings is 1. The van der Waals surface area contributed by atoms with Crippen LogP contribution in [-0.4, -0.2) is 18.0 Å². The topological polar surface area (TPSA) is 52.6 Å². The molecular formula is C17H20O4. The van der Waals surface area contributed by atoms with Crippen LogP contribution in [0.2, 0.25) is 0 Å². The number of carbonyl (C=O) groups is 2. The van der Waals surface area contributed by atoms with Crippen LogP contribution in [-0.2, 0) is 25.7 Å². The fourth-order valence-electron chi connectivity index (χ4n) is 2.51. The standard InChI is InChI=1S/C17H20O4/c1-4-13-14(21-16(19)17(13,2)3)10-15(18)20-11-12-8-6-5-7-9-12/h4-9,14H,10-11H2,1-3H3/b13-4-/t14-/m0/s1. The third-order valence-corrected chi connectivity index (χ3v) is 3.73. The van der Waals surface area contributed by atoms with E-state index in [1.807, 2.05) is 43.3 Å². The molecule has 0 radical (unpaired) electrons. The van der Waals surface area contributed by atoms with Gasteiger partial charge in [-0.2, -0.15) is 0 Å². The highest BCUT2D eigenvalue weighted by Gasteiger charge is 2.46. The average Bonchev–Trinajstić information content (AvgIpc) is 2.67. The molecule has 2 rings (SSSR count). The molecule has 4 heteroatoms. The second-order valence-electron chi connectivity index (χ2n) is 5.61. The zero-order valence-electron chi connectivity index (χ0n) is 12.6. The lowest BCUT2D eigenvalue weighted by Gasteiger charge is -2.16. The van der Waals surface area contributed by atoms with Gasteiger partial charge in [0.1, 0.15) is 12.7 Å². The fraction of sp³-hybridized carbons (Fsp3) is 0.412. The number of hydrogen-bond acceptors (Lipinski definition) is 4. The molecular weight excluding hydrogens is 268 g/mol. The molecule has 1 fully saturated rings. The van der Waals surface area contributed by atoms with Crippen LogP contribution in [0.3, 0.4) is 0 Å². The predicted molar refractivity (Wildman–Crippen MR) is 78.3 cm³/mol. The molecule has 0 spiro atoms. The van der Waals surface area contributed by atoms with Crippen molar-refractivity contribution in [2.45, 2.75) is 39.9 Å². The van der Waals surface area contributed by atoms with E-state index in [1.165, 1.54) is 0 Å². The SMILES string of the molecule is C/C=C1/[C@H](CC(=O)OCc2ccccc2)OC(=O)C1(C)C. The first-order valence-electron chi connectivity index (χ1n) is 7.02. The second-order valence-corrected chi connectivity index (χ2v) is 5.61. The minimum absolute atomic E-state index is 0.0572. The Kier molecular flexibility index (Phi) is 4.46. The van der Waals surface area contributed by atoms with E-state index in [2.05, 4.69) is 0 Å². The van der Waals surface area contributed by atoms with Crippen molar-refractivity contribution in [3.8, 4) is 0 Å².